The Kier molecular flexibility index (Phi) is 3.84. The summed E-state index contributed by atoms with van der Waals surface area (Å²) in [4.78, 5) is 4.42. The zero-order chi connectivity index (χ0) is 9.80. The third kappa shape index (κ3) is 2.97. The van der Waals surface area contributed by atoms with Crippen LogP contribution in [-0.4, -0.2) is 23.3 Å². The number of hydrogen-bond acceptors (Lipinski definition) is 3. The molecule has 1 aromatic heterocycles. The van der Waals surface area contributed by atoms with Crippen molar-refractivity contribution >= 4 is 27.7 Å². The summed E-state index contributed by atoms with van der Waals surface area (Å²) in [7, 11) is 0. The molecular formula is C10H13BrN2S. The van der Waals surface area contributed by atoms with Crippen LogP contribution in [0, 0.1) is 0 Å². The Morgan fingerprint density at radius 1 is 1.50 bits per heavy atom. The van der Waals surface area contributed by atoms with E-state index in [4.69, 9.17) is 0 Å². The second-order valence-corrected chi connectivity index (χ2v) is 5.52. The quantitative estimate of drug-likeness (QED) is 0.839. The Balaban J connectivity index is 1.95. The van der Waals surface area contributed by atoms with Gasteiger partial charge in [0.2, 0.25) is 0 Å². The number of hydrogen-bond donors (Lipinski definition) is 1. The van der Waals surface area contributed by atoms with E-state index in [9.17, 15) is 0 Å². The molecule has 0 amide bonds. The lowest BCUT2D eigenvalue weighted by atomic mass is 10.2. The number of pyridine rings is 1. The number of halogens is 1. The van der Waals surface area contributed by atoms with Crippen LogP contribution in [0.25, 0.3) is 0 Å². The normalized spacial score (nSPS) is 22.2. The molecular weight excluding hydrogens is 260 g/mol. The van der Waals surface area contributed by atoms with E-state index in [1.807, 2.05) is 23.9 Å². The van der Waals surface area contributed by atoms with Crippen LogP contribution >= 0.6 is 27.7 Å². The van der Waals surface area contributed by atoms with Crippen molar-refractivity contribution in [3.8, 4) is 0 Å². The van der Waals surface area contributed by atoms with Crippen LogP contribution in [0.3, 0.4) is 0 Å². The van der Waals surface area contributed by atoms with Crippen molar-refractivity contribution in [3.63, 3.8) is 0 Å². The molecule has 14 heavy (non-hydrogen) atoms. The zero-order valence-corrected chi connectivity index (χ0v) is 10.3. The summed E-state index contributed by atoms with van der Waals surface area (Å²) in [6.45, 7) is 2.28. The number of nitrogens with zero attached hydrogens (tertiary/aromatic N) is 1. The molecule has 4 heteroatoms. The summed E-state index contributed by atoms with van der Waals surface area (Å²) < 4.78 is 0.922. The maximum Gasteiger partial charge on any atom is 0.107 e. The summed E-state index contributed by atoms with van der Waals surface area (Å²) in [6, 6.07) is 6.07. The van der Waals surface area contributed by atoms with E-state index >= 15 is 0 Å². The van der Waals surface area contributed by atoms with Crippen LogP contribution in [0.4, 0.5) is 0 Å². The first-order valence-electron chi connectivity index (χ1n) is 4.84. The van der Waals surface area contributed by atoms with E-state index in [0.717, 1.165) is 16.2 Å². The van der Waals surface area contributed by atoms with E-state index in [-0.39, 0.29) is 0 Å². The van der Waals surface area contributed by atoms with Crippen molar-refractivity contribution in [2.45, 2.75) is 23.1 Å². The molecule has 2 rings (SSSR count). The SMILES string of the molecule is Brc1cccc(S[C@@H]2CCCNC2)n1. The number of aromatic nitrogens is 1. The molecule has 0 spiro atoms. The van der Waals surface area contributed by atoms with Gasteiger partial charge in [-0.15, -0.1) is 11.8 Å². The lowest BCUT2D eigenvalue weighted by Crippen LogP contribution is -2.31. The molecule has 0 unspecified atom stereocenters. The molecule has 1 aliphatic rings. The third-order valence-corrected chi connectivity index (χ3v) is 3.87. The average molecular weight is 273 g/mol. The van der Waals surface area contributed by atoms with Crippen molar-refractivity contribution in [3.05, 3.63) is 22.8 Å². The van der Waals surface area contributed by atoms with Crippen molar-refractivity contribution in [1.29, 1.82) is 0 Å². The number of nitrogens with one attached hydrogen (secondary N) is 1. The number of rotatable bonds is 2. The zero-order valence-electron chi connectivity index (χ0n) is 7.87. The first kappa shape index (κ1) is 10.5. The molecule has 0 bridgehead atoms. The standard InChI is InChI=1S/C10H13BrN2S/c11-9-4-1-5-10(13-9)14-8-3-2-6-12-7-8/h1,4-5,8,12H,2-3,6-7H2/t8-/m1/s1. The fourth-order valence-corrected chi connectivity index (χ4v) is 3.14. The van der Waals surface area contributed by atoms with Crippen molar-refractivity contribution in [1.82, 2.24) is 10.3 Å². The van der Waals surface area contributed by atoms with Crippen LogP contribution in [0.2, 0.25) is 0 Å². The summed E-state index contributed by atoms with van der Waals surface area (Å²) in [5, 5.41) is 5.21. The molecule has 1 N–H and O–H groups in total. The second kappa shape index (κ2) is 5.14. The van der Waals surface area contributed by atoms with Gasteiger partial charge in [0.25, 0.3) is 0 Å². The van der Waals surface area contributed by atoms with Crippen LogP contribution in [0.5, 0.6) is 0 Å². The summed E-state index contributed by atoms with van der Waals surface area (Å²) in [5.41, 5.74) is 0. The molecule has 0 radical (unpaired) electrons. The van der Waals surface area contributed by atoms with E-state index in [1.54, 1.807) is 0 Å². The van der Waals surface area contributed by atoms with E-state index in [2.05, 4.69) is 32.3 Å². The maximum atomic E-state index is 4.42. The highest BCUT2D eigenvalue weighted by atomic mass is 79.9. The molecule has 0 aliphatic carbocycles. The topological polar surface area (TPSA) is 24.9 Å². The minimum absolute atomic E-state index is 0.686. The molecule has 2 nitrogen and oxygen atoms in total. The first-order valence-corrected chi connectivity index (χ1v) is 6.52. The molecule has 0 aromatic carbocycles. The molecule has 1 saturated heterocycles. The monoisotopic (exact) mass is 272 g/mol. The van der Waals surface area contributed by atoms with Gasteiger partial charge >= 0.3 is 0 Å². The van der Waals surface area contributed by atoms with Gasteiger partial charge in [0.05, 0.1) is 5.03 Å². The summed E-state index contributed by atoms with van der Waals surface area (Å²) in [6.07, 6.45) is 2.58. The summed E-state index contributed by atoms with van der Waals surface area (Å²) >= 11 is 5.26. The second-order valence-electron chi connectivity index (χ2n) is 3.38. The van der Waals surface area contributed by atoms with Crippen molar-refractivity contribution in [2.24, 2.45) is 0 Å². The van der Waals surface area contributed by atoms with Crippen LogP contribution < -0.4 is 5.32 Å². The molecule has 0 saturated carbocycles. The molecule has 1 aliphatic heterocycles. The van der Waals surface area contributed by atoms with Gasteiger partial charge in [-0.2, -0.15) is 0 Å². The third-order valence-electron chi connectivity index (χ3n) is 2.23. The van der Waals surface area contributed by atoms with Crippen LogP contribution in [0.15, 0.2) is 27.8 Å². The smallest absolute Gasteiger partial charge is 0.107 e. The minimum Gasteiger partial charge on any atom is -0.316 e. The Morgan fingerprint density at radius 3 is 3.14 bits per heavy atom. The molecule has 1 fully saturated rings. The predicted molar refractivity (Wildman–Crippen MR) is 63.7 cm³/mol. The Hall–Kier alpha value is -0.0600. The Morgan fingerprint density at radius 2 is 2.43 bits per heavy atom. The van der Waals surface area contributed by atoms with E-state index < -0.39 is 0 Å². The molecule has 1 aromatic rings. The minimum atomic E-state index is 0.686. The van der Waals surface area contributed by atoms with Gasteiger partial charge < -0.3 is 5.32 Å². The fraction of sp³-hybridized carbons (Fsp3) is 0.500. The lowest BCUT2D eigenvalue weighted by molar-refractivity contribution is 0.531. The molecule has 76 valence electrons. The number of thioether (sulfide) groups is 1. The average Bonchev–Trinajstić information content (AvgIpc) is 2.19. The van der Waals surface area contributed by atoms with E-state index in [0.29, 0.717) is 5.25 Å². The van der Waals surface area contributed by atoms with E-state index in [1.165, 1.54) is 19.4 Å². The Labute approximate surface area is 97.0 Å². The van der Waals surface area contributed by atoms with Gasteiger partial charge in [-0.25, -0.2) is 4.98 Å². The van der Waals surface area contributed by atoms with Crippen LogP contribution in [-0.2, 0) is 0 Å². The van der Waals surface area contributed by atoms with Gasteiger partial charge in [-0.05, 0) is 47.4 Å². The largest absolute Gasteiger partial charge is 0.316 e. The van der Waals surface area contributed by atoms with Crippen LogP contribution in [0.1, 0.15) is 12.8 Å². The van der Waals surface area contributed by atoms with Crippen molar-refractivity contribution < 1.29 is 0 Å². The van der Waals surface area contributed by atoms with Gasteiger partial charge in [0.1, 0.15) is 4.60 Å². The van der Waals surface area contributed by atoms with Gasteiger partial charge in [0, 0.05) is 11.8 Å². The lowest BCUT2D eigenvalue weighted by Gasteiger charge is -2.21. The highest BCUT2D eigenvalue weighted by molar-refractivity contribution is 9.10. The first-order chi connectivity index (χ1) is 6.84. The number of piperidine rings is 1. The summed E-state index contributed by atoms with van der Waals surface area (Å²) in [5.74, 6) is 0. The van der Waals surface area contributed by atoms with Gasteiger partial charge in [-0.3, -0.25) is 0 Å². The maximum absolute atomic E-state index is 4.42. The highest BCUT2D eigenvalue weighted by Crippen LogP contribution is 2.26. The van der Waals surface area contributed by atoms with Crippen molar-refractivity contribution in [2.75, 3.05) is 13.1 Å². The highest BCUT2D eigenvalue weighted by Gasteiger charge is 2.14. The Bertz CT molecular complexity index is 300. The van der Waals surface area contributed by atoms with Gasteiger partial charge in [-0.1, -0.05) is 6.07 Å². The molecule has 2 heterocycles. The predicted octanol–water partition coefficient (Wildman–Crippen LogP) is 2.69. The molecule has 1 atom stereocenters. The fourth-order valence-electron chi connectivity index (χ4n) is 1.55. The van der Waals surface area contributed by atoms with Gasteiger partial charge in [0.15, 0.2) is 0 Å².